The van der Waals surface area contributed by atoms with Gasteiger partial charge in [0.25, 0.3) is 11.6 Å². The SMILES string of the molecule is COCCN(C(=O)c1cc(Cl)ncc1[N+](=O)[O-])C(C)C. The first-order valence-corrected chi connectivity index (χ1v) is 6.36. The van der Waals surface area contributed by atoms with Crippen molar-refractivity contribution < 1.29 is 14.5 Å². The van der Waals surface area contributed by atoms with E-state index in [1.54, 1.807) is 0 Å². The maximum Gasteiger partial charge on any atom is 0.300 e. The molecule has 0 radical (unpaired) electrons. The van der Waals surface area contributed by atoms with Crippen LogP contribution in [0, 0.1) is 10.1 Å². The standard InChI is InChI=1S/C12H16ClN3O4/c1-8(2)15(4-5-20-3)12(17)9-6-11(13)14-7-10(9)16(18)19/h6-8H,4-5H2,1-3H3. The van der Waals surface area contributed by atoms with Crippen molar-refractivity contribution in [2.75, 3.05) is 20.3 Å². The molecule has 7 nitrogen and oxygen atoms in total. The van der Waals surface area contributed by atoms with Gasteiger partial charge in [-0.05, 0) is 19.9 Å². The number of halogens is 1. The van der Waals surface area contributed by atoms with E-state index in [1.807, 2.05) is 13.8 Å². The van der Waals surface area contributed by atoms with Crippen LogP contribution in [-0.4, -0.2) is 47.0 Å². The van der Waals surface area contributed by atoms with Crippen molar-refractivity contribution in [3.63, 3.8) is 0 Å². The number of carbonyl (C=O) groups excluding carboxylic acids is 1. The quantitative estimate of drug-likeness (QED) is 0.456. The van der Waals surface area contributed by atoms with Crippen molar-refractivity contribution in [2.45, 2.75) is 19.9 Å². The van der Waals surface area contributed by atoms with E-state index in [1.165, 1.54) is 18.1 Å². The van der Waals surface area contributed by atoms with Crippen molar-refractivity contribution in [1.82, 2.24) is 9.88 Å². The molecular weight excluding hydrogens is 286 g/mol. The molecular formula is C12H16ClN3O4. The van der Waals surface area contributed by atoms with Gasteiger partial charge in [-0.1, -0.05) is 11.6 Å². The number of hydrogen-bond acceptors (Lipinski definition) is 5. The minimum absolute atomic E-state index is 0.0365. The Morgan fingerprint density at radius 3 is 2.75 bits per heavy atom. The Morgan fingerprint density at radius 1 is 1.60 bits per heavy atom. The fraction of sp³-hybridized carbons (Fsp3) is 0.500. The summed E-state index contributed by atoms with van der Waals surface area (Å²) in [6, 6.07) is 1.09. The maximum absolute atomic E-state index is 12.4. The summed E-state index contributed by atoms with van der Waals surface area (Å²) in [6.07, 6.45) is 0.990. The number of pyridine rings is 1. The predicted molar refractivity (Wildman–Crippen MR) is 73.9 cm³/mol. The van der Waals surface area contributed by atoms with Crippen LogP contribution in [0.4, 0.5) is 5.69 Å². The van der Waals surface area contributed by atoms with Gasteiger partial charge >= 0.3 is 0 Å². The van der Waals surface area contributed by atoms with Crippen LogP contribution < -0.4 is 0 Å². The first kappa shape index (κ1) is 16.3. The fourth-order valence-electron chi connectivity index (χ4n) is 1.68. The number of carbonyl (C=O) groups is 1. The minimum atomic E-state index is -0.647. The molecule has 0 aliphatic heterocycles. The van der Waals surface area contributed by atoms with Crippen molar-refractivity contribution in [3.05, 3.63) is 33.1 Å². The molecule has 0 unspecified atom stereocenters. The van der Waals surface area contributed by atoms with Crippen LogP contribution >= 0.6 is 11.6 Å². The molecule has 0 aromatic carbocycles. The van der Waals surface area contributed by atoms with Crippen molar-refractivity contribution in [3.8, 4) is 0 Å². The van der Waals surface area contributed by atoms with Crippen molar-refractivity contribution in [2.24, 2.45) is 0 Å². The van der Waals surface area contributed by atoms with Gasteiger partial charge in [0.1, 0.15) is 16.9 Å². The molecule has 0 aliphatic rings. The fourth-order valence-corrected chi connectivity index (χ4v) is 1.84. The third-order valence-corrected chi connectivity index (χ3v) is 2.90. The molecule has 1 amide bonds. The number of rotatable bonds is 6. The Bertz CT molecular complexity index is 507. The third kappa shape index (κ3) is 3.88. The summed E-state index contributed by atoms with van der Waals surface area (Å²) in [5.41, 5.74) is -0.428. The lowest BCUT2D eigenvalue weighted by Crippen LogP contribution is -2.39. The molecule has 1 aromatic rings. The largest absolute Gasteiger partial charge is 0.383 e. The first-order valence-electron chi connectivity index (χ1n) is 5.98. The molecule has 110 valence electrons. The second-order valence-corrected chi connectivity index (χ2v) is 4.75. The lowest BCUT2D eigenvalue weighted by atomic mass is 10.1. The van der Waals surface area contributed by atoms with Gasteiger partial charge in [-0.15, -0.1) is 0 Å². The van der Waals surface area contributed by atoms with Crippen LogP contribution in [0.15, 0.2) is 12.3 Å². The molecule has 0 bridgehead atoms. The second kappa shape index (κ2) is 7.16. The Balaban J connectivity index is 3.16. The zero-order valence-corrected chi connectivity index (χ0v) is 12.3. The van der Waals surface area contributed by atoms with Gasteiger partial charge in [0.15, 0.2) is 0 Å². The Hall–Kier alpha value is -1.73. The van der Waals surface area contributed by atoms with Gasteiger partial charge in [0, 0.05) is 19.7 Å². The molecule has 1 aromatic heterocycles. The summed E-state index contributed by atoms with van der Waals surface area (Å²) in [6.45, 7) is 4.32. The topological polar surface area (TPSA) is 85.6 Å². The minimum Gasteiger partial charge on any atom is -0.383 e. The molecule has 0 aliphatic carbocycles. The molecule has 0 spiro atoms. The third-order valence-electron chi connectivity index (χ3n) is 2.70. The lowest BCUT2D eigenvalue weighted by molar-refractivity contribution is -0.385. The number of methoxy groups -OCH3 is 1. The van der Waals surface area contributed by atoms with Crippen LogP contribution in [0.3, 0.4) is 0 Å². The normalized spacial score (nSPS) is 10.7. The highest BCUT2D eigenvalue weighted by Gasteiger charge is 2.27. The summed E-state index contributed by atoms with van der Waals surface area (Å²) in [5.74, 6) is -0.465. The van der Waals surface area contributed by atoms with E-state index < -0.39 is 10.8 Å². The monoisotopic (exact) mass is 301 g/mol. The molecule has 0 N–H and O–H groups in total. The molecule has 1 heterocycles. The van der Waals surface area contributed by atoms with E-state index in [2.05, 4.69) is 4.98 Å². The number of aromatic nitrogens is 1. The molecule has 20 heavy (non-hydrogen) atoms. The van der Waals surface area contributed by atoms with E-state index in [0.717, 1.165) is 6.20 Å². The number of amides is 1. The van der Waals surface area contributed by atoms with E-state index in [4.69, 9.17) is 16.3 Å². The maximum atomic E-state index is 12.4. The zero-order valence-electron chi connectivity index (χ0n) is 11.5. The molecule has 8 heteroatoms. The highest BCUT2D eigenvalue weighted by atomic mass is 35.5. The Labute approximate surface area is 121 Å². The highest BCUT2D eigenvalue weighted by Crippen LogP contribution is 2.22. The van der Waals surface area contributed by atoms with E-state index in [0.29, 0.717) is 13.2 Å². The van der Waals surface area contributed by atoms with Gasteiger partial charge in [-0.2, -0.15) is 0 Å². The predicted octanol–water partition coefficient (Wildman–Crippen LogP) is 2.14. The van der Waals surface area contributed by atoms with Crippen molar-refractivity contribution in [1.29, 1.82) is 0 Å². The van der Waals surface area contributed by atoms with Gasteiger partial charge in [0.2, 0.25) is 0 Å². The lowest BCUT2D eigenvalue weighted by Gasteiger charge is -2.26. The van der Waals surface area contributed by atoms with Gasteiger partial charge in [0.05, 0.1) is 11.5 Å². The van der Waals surface area contributed by atoms with E-state index >= 15 is 0 Å². The molecule has 0 fully saturated rings. The average Bonchev–Trinajstić information content (AvgIpc) is 2.38. The number of nitrogens with zero attached hydrogens (tertiary/aromatic N) is 3. The average molecular weight is 302 g/mol. The number of ether oxygens (including phenoxy) is 1. The van der Waals surface area contributed by atoms with Crippen LogP contribution in [0.5, 0.6) is 0 Å². The van der Waals surface area contributed by atoms with Gasteiger partial charge < -0.3 is 9.64 Å². The first-order chi connectivity index (χ1) is 9.38. The van der Waals surface area contributed by atoms with Gasteiger partial charge in [-0.25, -0.2) is 4.98 Å². The van der Waals surface area contributed by atoms with Crippen LogP contribution in [-0.2, 0) is 4.74 Å². The summed E-state index contributed by atoms with van der Waals surface area (Å²) in [5, 5.41) is 11.0. The number of hydrogen-bond donors (Lipinski definition) is 0. The smallest absolute Gasteiger partial charge is 0.300 e. The molecule has 0 atom stereocenters. The van der Waals surface area contributed by atoms with Crippen LogP contribution in [0.2, 0.25) is 5.15 Å². The summed E-state index contributed by atoms with van der Waals surface area (Å²) in [4.78, 5) is 27.9. The molecule has 0 saturated carbocycles. The van der Waals surface area contributed by atoms with Crippen molar-refractivity contribution >= 4 is 23.2 Å². The van der Waals surface area contributed by atoms with Gasteiger partial charge in [-0.3, -0.25) is 14.9 Å². The molecule has 1 rings (SSSR count). The summed E-state index contributed by atoms with van der Waals surface area (Å²) in [7, 11) is 1.52. The summed E-state index contributed by atoms with van der Waals surface area (Å²) < 4.78 is 4.94. The Kier molecular flexibility index (Phi) is 5.84. The Morgan fingerprint density at radius 2 is 2.25 bits per heavy atom. The van der Waals surface area contributed by atoms with E-state index in [9.17, 15) is 14.9 Å². The van der Waals surface area contributed by atoms with E-state index in [-0.39, 0.29) is 22.4 Å². The zero-order chi connectivity index (χ0) is 15.3. The second-order valence-electron chi connectivity index (χ2n) is 4.37. The molecule has 0 saturated heterocycles. The number of nitro groups is 1. The van der Waals surface area contributed by atoms with Crippen LogP contribution in [0.25, 0.3) is 0 Å². The summed E-state index contributed by atoms with van der Waals surface area (Å²) >= 11 is 5.73. The van der Waals surface area contributed by atoms with Crippen LogP contribution in [0.1, 0.15) is 24.2 Å². The highest BCUT2D eigenvalue weighted by molar-refractivity contribution is 6.29.